The van der Waals surface area contributed by atoms with Crippen LogP contribution in [0.25, 0.3) is 0 Å². The van der Waals surface area contributed by atoms with Crippen LogP contribution in [-0.4, -0.2) is 31.6 Å². The Bertz CT molecular complexity index is 301. The second kappa shape index (κ2) is 4.20. The fourth-order valence-corrected chi connectivity index (χ4v) is 0.989. The molecule has 1 rings (SSSR count). The third-order valence-corrected chi connectivity index (χ3v) is 1.80. The lowest BCUT2D eigenvalue weighted by Crippen LogP contribution is -2.18. The van der Waals surface area contributed by atoms with Crippen molar-refractivity contribution in [3.8, 4) is 0 Å². The average molecular weight is 206 g/mol. The van der Waals surface area contributed by atoms with E-state index in [1.165, 1.54) is 17.0 Å². The molecule has 72 valence electrons. The van der Waals surface area contributed by atoms with E-state index in [0.717, 1.165) is 0 Å². The fourth-order valence-electron chi connectivity index (χ4n) is 0.892. The minimum atomic E-state index is -0.797. The van der Waals surface area contributed by atoms with E-state index < -0.39 is 11.0 Å². The van der Waals surface area contributed by atoms with Crippen LogP contribution in [0.3, 0.4) is 0 Å². The lowest BCUT2D eigenvalue weighted by molar-refractivity contribution is -0.397. The summed E-state index contributed by atoms with van der Waals surface area (Å²) < 4.78 is 1.24. The standard InChI is InChI=1S/C6H8ClN3O3/c7-3-5(11)4-9-2-1-8-6(9)10(12)13/h1-2,5,11H,3-4H2. The topological polar surface area (TPSA) is 81.2 Å². The Hall–Kier alpha value is -1.14. The number of rotatable bonds is 4. The summed E-state index contributed by atoms with van der Waals surface area (Å²) in [5, 5.41) is 19.5. The number of hydrogen-bond donors (Lipinski definition) is 1. The predicted molar refractivity (Wildman–Crippen MR) is 45.6 cm³/mol. The largest absolute Gasteiger partial charge is 0.434 e. The van der Waals surface area contributed by atoms with Gasteiger partial charge in [-0.2, -0.15) is 0 Å². The van der Waals surface area contributed by atoms with E-state index in [1.54, 1.807) is 0 Å². The van der Waals surface area contributed by atoms with E-state index in [-0.39, 0.29) is 18.4 Å². The number of nitrogens with zero attached hydrogens (tertiary/aromatic N) is 3. The maximum absolute atomic E-state index is 10.4. The average Bonchev–Trinajstić information content (AvgIpc) is 2.52. The van der Waals surface area contributed by atoms with Gasteiger partial charge in [-0.1, -0.05) is 4.98 Å². The number of hydrogen-bond acceptors (Lipinski definition) is 4. The van der Waals surface area contributed by atoms with E-state index in [1.807, 2.05) is 0 Å². The molecular weight excluding hydrogens is 198 g/mol. The first-order valence-corrected chi connectivity index (χ1v) is 4.08. The molecule has 0 bridgehead atoms. The third-order valence-electron chi connectivity index (χ3n) is 1.44. The maximum Gasteiger partial charge on any atom is 0.434 e. The summed E-state index contributed by atoms with van der Waals surface area (Å²) in [6, 6.07) is 0. The van der Waals surface area contributed by atoms with Gasteiger partial charge in [0, 0.05) is 0 Å². The maximum atomic E-state index is 10.4. The normalized spacial score (nSPS) is 12.8. The van der Waals surface area contributed by atoms with Gasteiger partial charge in [0.15, 0.2) is 0 Å². The zero-order valence-electron chi connectivity index (χ0n) is 6.63. The smallest absolute Gasteiger partial charge is 0.390 e. The van der Waals surface area contributed by atoms with E-state index in [0.29, 0.717) is 0 Å². The first kappa shape index (κ1) is 9.94. The lowest BCUT2D eigenvalue weighted by Gasteiger charge is -2.04. The highest BCUT2D eigenvalue weighted by Gasteiger charge is 2.16. The zero-order valence-corrected chi connectivity index (χ0v) is 7.39. The van der Waals surface area contributed by atoms with Crippen LogP contribution in [0.2, 0.25) is 0 Å². The monoisotopic (exact) mass is 205 g/mol. The molecule has 1 aromatic heterocycles. The van der Waals surface area contributed by atoms with Crippen LogP contribution in [0, 0.1) is 10.1 Å². The van der Waals surface area contributed by atoms with E-state index in [4.69, 9.17) is 16.7 Å². The number of alkyl halides is 1. The predicted octanol–water partition coefficient (Wildman–Crippen LogP) is 0.391. The number of halogens is 1. The van der Waals surface area contributed by atoms with E-state index in [2.05, 4.69) is 4.98 Å². The number of aliphatic hydroxyl groups excluding tert-OH is 1. The van der Waals surface area contributed by atoms with Crippen LogP contribution >= 0.6 is 11.6 Å². The van der Waals surface area contributed by atoms with Gasteiger partial charge >= 0.3 is 5.95 Å². The fraction of sp³-hybridized carbons (Fsp3) is 0.500. The van der Waals surface area contributed by atoms with Gasteiger partial charge in [-0.15, -0.1) is 11.6 Å². The molecule has 13 heavy (non-hydrogen) atoms. The summed E-state index contributed by atoms with van der Waals surface area (Å²) in [7, 11) is 0. The lowest BCUT2D eigenvalue weighted by atomic mass is 10.4. The summed E-state index contributed by atoms with van der Waals surface area (Å²) >= 11 is 5.35. The molecule has 0 fully saturated rings. The molecule has 7 heteroatoms. The number of aromatic nitrogens is 2. The Balaban J connectivity index is 2.76. The molecule has 1 atom stereocenters. The molecule has 6 nitrogen and oxygen atoms in total. The number of nitro groups is 1. The second-order valence-corrected chi connectivity index (χ2v) is 2.75. The van der Waals surface area contributed by atoms with Crippen LogP contribution in [0.4, 0.5) is 5.95 Å². The molecule has 1 heterocycles. The molecule has 0 saturated carbocycles. The second-order valence-electron chi connectivity index (χ2n) is 2.44. The molecule has 0 saturated heterocycles. The number of aliphatic hydroxyl groups is 1. The van der Waals surface area contributed by atoms with E-state index in [9.17, 15) is 10.1 Å². The van der Waals surface area contributed by atoms with Gasteiger partial charge in [0.2, 0.25) is 0 Å². The van der Waals surface area contributed by atoms with Gasteiger partial charge in [0.1, 0.15) is 12.4 Å². The molecule has 0 amide bonds. The Morgan fingerprint density at radius 3 is 3.08 bits per heavy atom. The quantitative estimate of drug-likeness (QED) is 0.438. The van der Waals surface area contributed by atoms with Crippen molar-refractivity contribution in [3.63, 3.8) is 0 Å². The first-order chi connectivity index (χ1) is 6.15. The summed E-state index contributed by atoms with van der Waals surface area (Å²) in [6.07, 6.45) is 1.93. The van der Waals surface area contributed by atoms with Crippen molar-refractivity contribution in [2.24, 2.45) is 0 Å². The summed E-state index contributed by atoms with van der Waals surface area (Å²) in [6.45, 7) is 0.0831. The molecule has 1 N–H and O–H groups in total. The van der Waals surface area contributed by atoms with Gasteiger partial charge < -0.3 is 15.2 Å². The van der Waals surface area contributed by atoms with Gasteiger partial charge in [-0.25, -0.2) is 4.57 Å². The molecule has 0 aliphatic carbocycles. The molecule has 0 aliphatic rings. The van der Waals surface area contributed by atoms with E-state index >= 15 is 0 Å². The molecular formula is C6H8ClN3O3. The Morgan fingerprint density at radius 1 is 1.85 bits per heavy atom. The summed E-state index contributed by atoms with van der Waals surface area (Å²) in [5.41, 5.74) is 0. The summed E-state index contributed by atoms with van der Waals surface area (Å²) in [4.78, 5) is 13.3. The minimum Gasteiger partial charge on any atom is -0.390 e. The van der Waals surface area contributed by atoms with Gasteiger partial charge in [0.05, 0.1) is 18.5 Å². The highest BCUT2D eigenvalue weighted by molar-refractivity contribution is 6.18. The van der Waals surface area contributed by atoms with Crippen LogP contribution < -0.4 is 0 Å². The minimum absolute atomic E-state index is 0.0370. The summed E-state index contributed by atoms with van der Waals surface area (Å²) in [5.74, 6) is -0.251. The molecule has 0 radical (unpaired) electrons. The van der Waals surface area contributed by atoms with Crippen LogP contribution in [0.5, 0.6) is 0 Å². The Morgan fingerprint density at radius 2 is 2.54 bits per heavy atom. The van der Waals surface area contributed by atoms with Crippen LogP contribution in [-0.2, 0) is 6.54 Å². The van der Waals surface area contributed by atoms with Crippen molar-refractivity contribution < 1.29 is 10.0 Å². The van der Waals surface area contributed by atoms with Crippen molar-refractivity contribution in [2.45, 2.75) is 12.6 Å². The zero-order chi connectivity index (χ0) is 9.84. The Labute approximate surface area is 78.9 Å². The molecule has 0 aromatic carbocycles. The number of imidazole rings is 1. The van der Waals surface area contributed by atoms with Crippen LogP contribution in [0.15, 0.2) is 12.4 Å². The molecule has 0 aliphatic heterocycles. The molecule has 0 spiro atoms. The van der Waals surface area contributed by atoms with Crippen molar-refractivity contribution >= 4 is 17.5 Å². The molecule has 1 aromatic rings. The van der Waals surface area contributed by atoms with Gasteiger partial charge in [-0.05, 0) is 4.92 Å². The third kappa shape index (κ3) is 2.40. The van der Waals surface area contributed by atoms with Crippen molar-refractivity contribution in [1.82, 2.24) is 9.55 Å². The molecule has 1 unspecified atom stereocenters. The van der Waals surface area contributed by atoms with Gasteiger partial charge in [-0.3, -0.25) is 0 Å². The SMILES string of the molecule is O=[N+]([O-])c1nccn1CC(O)CCl. The highest BCUT2D eigenvalue weighted by Crippen LogP contribution is 2.08. The van der Waals surface area contributed by atoms with Gasteiger partial charge in [0.25, 0.3) is 0 Å². The highest BCUT2D eigenvalue weighted by atomic mass is 35.5. The Kier molecular flexibility index (Phi) is 3.21. The van der Waals surface area contributed by atoms with Crippen molar-refractivity contribution in [2.75, 3.05) is 5.88 Å². The van der Waals surface area contributed by atoms with Crippen molar-refractivity contribution in [3.05, 3.63) is 22.5 Å². The van der Waals surface area contributed by atoms with Crippen LogP contribution in [0.1, 0.15) is 0 Å². The first-order valence-electron chi connectivity index (χ1n) is 3.54. The van der Waals surface area contributed by atoms with Crippen molar-refractivity contribution in [1.29, 1.82) is 0 Å².